The average Bonchev–Trinajstić information content (AvgIpc) is 2.91. The van der Waals surface area contributed by atoms with Crippen LogP contribution < -0.4 is 4.74 Å². The lowest BCUT2D eigenvalue weighted by Gasteiger charge is -2.66. The highest BCUT2D eigenvalue weighted by Gasteiger charge is 2.78. The third-order valence-electron chi connectivity index (χ3n) is 7.64. The van der Waals surface area contributed by atoms with Crippen molar-refractivity contribution in [2.24, 2.45) is 0 Å². The number of likely N-dealkylation sites (tertiary alicyclic amines) is 1. The molecule has 1 N–H and O–H groups in total. The minimum absolute atomic E-state index is 0.139. The summed E-state index contributed by atoms with van der Waals surface area (Å²) in [7, 11) is 2.17. The molecule has 1 spiro atoms. The summed E-state index contributed by atoms with van der Waals surface area (Å²) < 4.78 is 13.1. The van der Waals surface area contributed by atoms with Gasteiger partial charge in [-0.1, -0.05) is 13.0 Å². The molecule has 5 heteroatoms. The summed E-state index contributed by atoms with van der Waals surface area (Å²) in [5.74, 6) is 0.802. The van der Waals surface area contributed by atoms with E-state index in [1.807, 2.05) is 13.0 Å². The zero-order valence-electron chi connectivity index (χ0n) is 15.8. The van der Waals surface area contributed by atoms with Crippen LogP contribution in [0.3, 0.4) is 0 Å². The molecular weight excluding hydrogens is 330 g/mol. The highest BCUT2D eigenvalue weighted by atomic mass is 16.5. The minimum Gasteiger partial charge on any atom is -0.504 e. The molecule has 2 bridgehead atoms. The number of carbonyl (C=O) groups is 1. The quantitative estimate of drug-likeness (QED) is 0.901. The Morgan fingerprint density at radius 1 is 1.38 bits per heavy atom. The number of hydrogen-bond donors (Lipinski definition) is 1. The zero-order chi connectivity index (χ0) is 18.3. The van der Waals surface area contributed by atoms with Gasteiger partial charge in [-0.3, -0.25) is 4.79 Å². The number of hydrogen-bond acceptors (Lipinski definition) is 5. The van der Waals surface area contributed by atoms with Crippen LogP contribution in [0.15, 0.2) is 12.1 Å². The van der Waals surface area contributed by atoms with Crippen molar-refractivity contribution in [2.45, 2.75) is 68.6 Å². The monoisotopic (exact) mass is 357 g/mol. The summed E-state index contributed by atoms with van der Waals surface area (Å²) in [6.45, 7) is 5.65. The van der Waals surface area contributed by atoms with Crippen molar-refractivity contribution >= 4 is 5.78 Å². The van der Waals surface area contributed by atoms with Crippen LogP contribution in [-0.2, 0) is 21.4 Å². The van der Waals surface area contributed by atoms with Gasteiger partial charge in [0.1, 0.15) is 0 Å². The molecule has 0 aromatic heterocycles. The number of Topliss-reactive ketones (excluding diaryl/α,β-unsaturated/α-hetero) is 1. The summed E-state index contributed by atoms with van der Waals surface area (Å²) in [6.07, 6.45) is 3.83. The Morgan fingerprint density at radius 2 is 2.19 bits per heavy atom. The molecule has 1 saturated carbocycles. The van der Waals surface area contributed by atoms with E-state index in [-0.39, 0.29) is 17.6 Å². The van der Waals surface area contributed by atoms with Crippen molar-refractivity contribution in [2.75, 3.05) is 20.2 Å². The number of benzene rings is 1. The fourth-order valence-electron chi connectivity index (χ4n) is 6.53. The van der Waals surface area contributed by atoms with Gasteiger partial charge in [0.15, 0.2) is 22.9 Å². The van der Waals surface area contributed by atoms with E-state index in [4.69, 9.17) is 9.47 Å². The first-order valence-corrected chi connectivity index (χ1v) is 9.83. The standard InChI is InChI=1S/C21H27NO4/c1-4-11-25-21-8-7-16(24)19(2)20(21)9-10-22(3)15(21)12-13-5-6-14(23)18(26-19)17(13)20/h5-6,15,23H,4,7-12H2,1-3H3/t15-,19+,20+,21?/m1/s1. The van der Waals surface area contributed by atoms with E-state index in [2.05, 4.69) is 18.9 Å². The SMILES string of the molecule is CCCOC12CCC(=O)[C@]3(C)Oc4c(O)ccc5c4[C@]13CCN(C)[C@@H]2C5. The van der Waals surface area contributed by atoms with E-state index in [0.717, 1.165) is 37.8 Å². The lowest BCUT2D eigenvalue weighted by atomic mass is 9.45. The van der Waals surface area contributed by atoms with Crippen LogP contribution in [-0.4, -0.2) is 53.2 Å². The van der Waals surface area contributed by atoms with Crippen molar-refractivity contribution in [3.63, 3.8) is 0 Å². The Kier molecular flexibility index (Phi) is 3.20. The first kappa shape index (κ1) is 16.6. The molecule has 4 atom stereocenters. The first-order chi connectivity index (χ1) is 12.4. The van der Waals surface area contributed by atoms with Crippen LogP contribution in [0.5, 0.6) is 11.5 Å². The third kappa shape index (κ3) is 1.55. The number of aromatic hydroxyl groups is 1. The van der Waals surface area contributed by atoms with Crippen LogP contribution in [0.2, 0.25) is 0 Å². The molecule has 0 amide bonds. The molecular formula is C21H27NO4. The van der Waals surface area contributed by atoms with Crippen LogP contribution >= 0.6 is 0 Å². The Hall–Kier alpha value is -1.59. The van der Waals surface area contributed by atoms with Gasteiger partial charge in [0.05, 0.1) is 11.0 Å². The number of likely N-dealkylation sites (N-methyl/N-ethyl adjacent to an activating group) is 1. The minimum atomic E-state index is -0.963. The highest BCUT2D eigenvalue weighted by molar-refractivity contribution is 5.94. The maximum absolute atomic E-state index is 13.2. The number of phenols is 1. The van der Waals surface area contributed by atoms with Crippen molar-refractivity contribution in [3.8, 4) is 11.5 Å². The molecule has 1 unspecified atom stereocenters. The van der Waals surface area contributed by atoms with Gasteiger partial charge in [-0.25, -0.2) is 0 Å². The summed E-state index contributed by atoms with van der Waals surface area (Å²) in [5, 5.41) is 10.5. The summed E-state index contributed by atoms with van der Waals surface area (Å²) in [6, 6.07) is 3.95. The van der Waals surface area contributed by atoms with Crippen molar-refractivity contribution in [1.29, 1.82) is 0 Å². The molecule has 0 radical (unpaired) electrons. The topological polar surface area (TPSA) is 59.0 Å². The zero-order valence-corrected chi connectivity index (χ0v) is 15.8. The number of carbonyl (C=O) groups excluding carboxylic acids is 1. The summed E-state index contributed by atoms with van der Waals surface area (Å²) in [4.78, 5) is 15.6. The third-order valence-corrected chi connectivity index (χ3v) is 7.64. The summed E-state index contributed by atoms with van der Waals surface area (Å²) >= 11 is 0. The number of phenolic OH excluding ortho intramolecular Hbond substituents is 1. The second-order valence-electron chi connectivity index (χ2n) is 8.60. The number of nitrogens with zero attached hydrogens (tertiary/aromatic N) is 1. The number of rotatable bonds is 3. The van der Waals surface area contributed by atoms with Gasteiger partial charge in [-0.05, 0) is 57.8 Å². The lowest BCUT2D eigenvalue weighted by Crippen LogP contribution is -2.80. The van der Waals surface area contributed by atoms with Crippen LogP contribution in [0.4, 0.5) is 0 Å². The average molecular weight is 357 g/mol. The molecule has 5 rings (SSSR count). The highest BCUT2D eigenvalue weighted by Crippen LogP contribution is 2.69. The van der Waals surface area contributed by atoms with E-state index in [0.29, 0.717) is 18.8 Å². The largest absolute Gasteiger partial charge is 0.504 e. The van der Waals surface area contributed by atoms with Gasteiger partial charge in [0.2, 0.25) is 0 Å². The second-order valence-corrected chi connectivity index (χ2v) is 8.60. The Morgan fingerprint density at radius 3 is 2.96 bits per heavy atom. The predicted octanol–water partition coefficient (Wildman–Crippen LogP) is 2.57. The molecule has 2 aliphatic heterocycles. The summed E-state index contributed by atoms with van der Waals surface area (Å²) in [5.41, 5.74) is 0.333. The van der Waals surface area contributed by atoms with Gasteiger partial charge >= 0.3 is 0 Å². The molecule has 26 heavy (non-hydrogen) atoms. The fourth-order valence-corrected chi connectivity index (χ4v) is 6.53. The smallest absolute Gasteiger partial charge is 0.177 e. The van der Waals surface area contributed by atoms with Crippen LogP contribution in [0, 0.1) is 0 Å². The van der Waals surface area contributed by atoms with Gasteiger partial charge in [-0.2, -0.15) is 0 Å². The second kappa shape index (κ2) is 5.02. The van der Waals surface area contributed by atoms with Crippen molar-refractivity contribution in [1.82, 2.24) is 4.90 Å². The number of ketones is 1. The van der Waals surface area contributed by atoms with E-state index in [1.165, 1.54) is 5.56 Å². The molecule has 5 nitrogen and oxygen atoms in total. The van der Waals surface area contributed by atoms with E-state index < -0.39 is 16.6 Å². The number of piperidine rings is 1. The van der Waals surface area contributed by atoms with Gasteiger partial charge in [0.25, 0.3) is 0 Å². The fraction of sp³-hybridized carbons (Fsp3) is 0.667. The maximum atomic E-state index is 13.2. The molecule has 4 aliphatic rings. The van der Waals surface area contributed by atoms with Crippen molar-refractivity contribution < 1.29 is 19.4 Å². The van der Waals surface area contributed by atoms with E-state index in [1.54, 1.807) is 6.07 Å². The Bertz CT molecular complexity index is 807. The molecule has 1 aromatic carbocycles. The van der Waals surface area contributed by atoms with Crippen molar-refractivity contribution in [3.05, 3.63) is 23.3 Å². The van der Waals surface area contributed by atoms with Gasteiger partial charge < -0.3 is 19.5 Å². The van der Waals surface area contributed by atoms with Crippen LogP contribution in [0.1, 0.15) is 50.7 Å². The van der Waals surface area contributed by atoms with E-state index >= 15 is 0 Å². The molecule has 1 aromatic rings. The predicted molar refractivity (Wildman–Crippen MR) is 96.8 cm³/mol. The maximum Gasteiger partial charge on any atom is 0.177 e. The van der Waals surface area contributed by atoms with Crippen LogP contribution in [0.25, 0.3) is 0 Å². The molecule has 2 aliphatic carbocycles. The molecule has 2 heterocycles. The number of ether oxygens (including phenoxy) is 2. The first-order valence-electron chi connectivity index (χ1n) is 9.83. The normalized spacial score (nSPS) is 40.3. The van der Waals surface area contributed by atoms with Gasteiger partial charge in [-0.15, -0.1) is 0 Å². The van der Waals surface area contributed by atoms with E-state index in [9.17, 15) is 9.90 Å². The molecule has 2 fully saturated rings. The molecule has 1 saturated heterocycles. The van der Waals surface area contributed by atoms with Gasteiger partial charge in [0, 0.05) is 24.6 Å². The molecule has 140 valence electrons. The lowest BCUT2D eigenvalue weighted by molar-refractivity contribution is -0.228. The Labute approximate surface area is 154 Å². The Balaban J connectivity index is 1.86.